The number of aromatic nitrogens is 1. The quantitative estimate of drug-likeness (QED) is 0.0784. The maximum absolute atomic E-state index is 13.4. The molecule has 13 heteroatoms. The van der Waals surface area contributed by atoms with Crippen LogP contribution in [-0.4, -0.2) is 23.1 Å². The van der Waals surface area contributed by atoms with Crippen LogP contribution in [0.15, 0.2) is 92.9 Å². The number of esters is 1. The lowest BCUT2D eigenvalue weighted by molar-refractivity contribution is -0.137. The Kier molecular flexibility index (Phi) is 8.98. The van der Waals surface area contributed by atoms with Crippen molar-refractivity contribution in [2.45, 2.75) is 6.18 Å². The molecular formula is C30H16Br2Cl2F3N3O3. The number of H-pyrrole nitrogens is 1. The lowest BCUT2D eigenvalue weighted by Crippen LogP contribution is -2.19. The summed E-state index contributed by atoms with van der Waals surface area (Å²) < 4.78 is 45.8. The number of benzene rings is 4. The molecule has 0 bridgehead atoms. The van der Waals surface area contributed by atoms with Crippen molar-refractivity contribution in [3.8, 4) is 16.9 Å². The number of alkyl halides is 3. The topological polar surface area (TPSA) is 83.5 Å². The Hall–Kier alpha value is -3.64. The monoisotopic (exact) mass is 751 g/mol. The molecule has 1 amide bonds. The SMILES string of the molecule is O=C(Oc1c(Br)cc(Br)cc1C=NNC(=O)c1[nH]c2cc(Cl)cc(Cl)c2c1-c1ccccc1)c1cccc(C(F)(F)F)c1. The molecule has 1 heterocycles. The van der Waals surface area contributed by atoms with Crippen LogP contribution < -0.4 is 10.2 Å². The fourth-order valence-electron chi connectivity index (χ4n) is 4.29. The lowest BCUT2D eigenvalue weighted by atomic mass is 10.0. The fraction of sp³-hybridized carbons (Fsp3) is 0.0333. The van der Waals surface area contributed by atoms with Gasteiger partial charge in [-0.05, 0) is 64.0 Å². The van der Waals surface area contributed by atoms with Gasteiger partial charge in [-0.2, -0.15) is 18.3 Å². The van der Waals surface area contributed by atoms with Gasteiger partial charge in [0.2, 0.25) is 0 Å². The summed E-state index contributed by atoms with van der Waals surface area (Å²) in [5.74, 6) is -1.65. The van der Waals surface area contributed by atoms with Crippen molar-refractivity contribution in [3.63, 3.8) is 0 Å². The first-order chi connectivity index (χ1) is 20.4. The van der Waals surface area contributed by atoms with Crippen LogP contribution in [0.2, 0.25) is 10.0 Å². The van der Waals surface area contributed by atoms with Crippen LogP contribution in [0.3, 0.4) is 0 Å². The number of halogens is 7. The van der Waals surface area contributed by atoms with E-state index in [4.69, 9.17) is 27.9 Å². The number of hydrogen-bond acceptors (Lipinski definition) is 4. The van der Waals surface area contributed by atoms with E-state index in [1.165, 1.54) is 12.3 Å². The summed E-state index contributed by atoms with van der Waals surface area (Å²) in [7, 11) is 0. The van der Waals surface area contributed by atoms with Crippen molar-refractivity contribution in [1.82, 2.24) is 10.4 Å². The zero-order valence-electron chi connectivity index (χ0n) is 21.4. The number of hydrazone groups is 1. The molecule has 0 saturated carbocycles. The van der Waals surface area contributed by atoms with E-state index in [0.717, 1.165) is 17.7 Å². The Labute approximate surface area is 269 Å². The van der Waals surface area contributed by atoms with Crippen molar-refractivity contribution < 1.29 is 27.5 Å². The average Bonchev–Trinajstić information content (AvgIpc) is 3.34. The molecule has 0 radical (unpaired) electrons. The Morgan fingerprint density at radius 3 is 2.42 bits per heavy atom. The van der Waals surface area contributed by atoms with Gasteiger partial charge in [-0.3, -0.25) is 4.79 Å². The minimum Gasteiger partial charge on any atom is -0.421 e. The molecule has 0 aliphatic carbocycles. The highest BCUT2D eigenvalue weighted by atomic mass is 79.9. The Morgan fingerprint density at radius 2 is 1.70 bits per heavy atom. The van der Waals surface area contributed by atoms with Crippen LogP contribution in [0.1, 0.15) is 32.0 Å². The number of aromatic amines is 1. The van der Waals surface area contributed by atoms with E-state index in [-0.39, 0.29) is 22.6 Å². The number of ether oxygens (including phenoxy) is 1. The number of nitrogens with one attached hydrogen (secondary N) is 2. The normalized spacial score (nSPS) is 11.7. The van der Waals surface area contributed by atoms with Crippen molar-refractivity contribution in [1.29, 1.82) is 0 Å². The molecule has 0 unspecified atom stereocenters. The molecule has 2 N–H and O–H groups in total. The van der Waals surface area contributed by atoms with Gasteiger partial charge >= 0.3 is 12.1 Å². The third-order valence-corrected chi connectivity index (χ3v) is 7.69. The van der Waals surface area contributed by atoms with Gasteiger partial charge in [0.1, 0.15) is 5.69 Å². The third-order valence-electron chi connectivity index (χ3n) is 6.13. The Bertz CT molecular complexity index is 1910. The van der Waals surface area contributed by atoms with E-state index < -0.39 is 23.6 Å². The van der Waals surface area contributed by atoms with Gasteiger partial charge in [0.25, 0.3) is 5.91 Å². The van der Waals surface area contributed by atoms with E-state index in [2.05, 4.69) is 47.4 Å². The number of carbonyl (C=O) groups is 2. The molecular weight excluding hydrogens is 738 g/mol. The molecule has 0 aliphatic heterocycles. The second kappa shape index (κ2) is 12.5. The van der Waals surface area contributed by atoms with Crippen LogP contribution in [0.5, 0.6) is 5.75 Å². The van der Waals surface area contributed by atoms with E-state index in [1.54, 1.807) is 24.3 Å². The van der Waals surface area contributed by atoms with E-state index in [9.17, 15) is 22.8 Å². The predicted molar refractivity (Wildman–Crippen MR) is 167 cm³/mol. The summed E-state index contributed by atoms with van der Waals surface area (Å²) in [6.45, 7) is 0. The van der Waals surface area contributed by atoms with Crippen molar-refractivity contribution in [2.75, 3.05) is 0 Å². The molecule has 0 atom stereocenters. The molecule has 218 valence electrons. The largest absolute Gasteiger partial charge is 0.421 e. The number of amides is 1. The van der Waals surface area contributed by atoms with E-state index in [0.29, 0.717) is 41.5 Å². The minimum absolute atomic E-state index is 0.0272. The number of carbonyl (C=O) groups excluding carboxylic acids is 2. The Morgan fingerprint density at radius 1 is 0.953 bits per heavy atom. The van der Waals surface area contributed by atoms with Crippen LogP contribution in [0, 0.1) is 0 Å². The smallest absolute Gasteiger partial charge is 0.416 e. The summed E-state index contributed by atoms with van der Waals surface area (Å²) in [6.07, 6.45) is -3.40. The van der Waals surface area contributed by atoms with Crippen LogP contribution in [-0.2, 0) is 6.18 Å². The van der Waals surface area contributed by atoms with E-state index in [1.807, 2.05) is 30.3 Å². The number of fused-ring (bicyclic) bond motifs is 1. The highest BCUT2D eigenvalue weighted by molar-refractivity contribution is 9.11. The molecule has 5 rings (SSSR count). The standard InChI is InChI=1S/C30H16Br2Cl2F3N3O3/c31-19-10-17(27(21(32)11-19)43-29(42)16-7-4-8-18(9-16)30(35,36)37)14-38-40-28(41)26-24(15-5-2-1-3-6-15)25-22(34)12-20(33)13-23(25)39-26/h1-14,39H,(H,40,41). The van der Waals surface area contributed by atoms with Crippen molar-refractivity contribution >= 4 is 84.1 Å². The summed E-state index contributed by atoms with van der Waals surface area (Å²) in [5, 5.41) is 5.39. The summed E-state index contributed by atoms with van der Waals surface area (Å²) in [6, 6.07) is 19.4. The lowest BCUT2D eigenvalue weighted by Gasteiger charge is -2.12. The number of nitrogens with zero attached hydrogens (tertiary/aromatic N) is 1. The van der Waals surface area contributed by atoms with Gasteiger partial charge in [0.05, 0.1) is 26.8 Å². The summed E-state index contributed by atoms with van der Waals surface area (Å²) in [5.41, 5.74) is 3.40. The number of rotatable bonds is 6. The zero-order chi connectivity index (χ0) is 30.9. The average molecular weight is 754 g/mol. The van der Waals surface area contributed by atoms with Gasteiger partial charge in [0.15, 0.2) is 5.75 Å². The Balaban J connectivity index is 1.45. The molecule has 0 saturated heterocycles. The first-order valence-electron chi connectivity index (χ1n) is 12.2. The fourth-order valence-corrected chi connectivity index (χ4v) is 6.21. The second-order valence-corrected chi connectivity index (χ2v) is 11.6. The van der Waals surface area contributed by atoms with Crippen LogP contribution in [0.4, 0.5) is 13.2 Å². The van der Waals surface area contributed by atoms with Gasteiger partial charge in [-0.25, -0.2) is 10.2 Å². The van der Waals surface area contributed by atoms with E-state index >= 15 is 0 Å². The highest BCUT2D eigenvalue weighted by Gasteiger charge is 2.31. The van der Waals surface area contributed by atoms with Gasteiger partial charge in [-0.1, -0.05) is 75.5 Å². The first-order valence-corrected chi connectivity index (χ1v) is 14.5. The van der Waals surface area contributed by atoms with Gasteiger partial charge < -0.3 is 9.72 Å². The van der Waals surface area contributed by atoms with Gasteiger partial charge in [0, 0.05) is 31.5 Å². The van der Waals surface area contributed by atoms with Crippen LogP contribution in [0.25, 0.3) is 22.0 Å². The molecule has 0 spiro atoms. The van der Waals surface area contributed by atoms with Crippen LogP contribution >= 0.6 is 55.1 Å². The number of hydrogen-bond donors (Lipinski definition) is 2. The molecule has 1 aromatic heterocycles. The minimum atomic E-state index is -4.63. The molecule has 0 fully saturated rings. The maximum atomic E-state index is 13.4. The first kappa shape index (κ1) is 30.8. The zero-order valence-corrected chi connectivity index (χ0v) is 26.1. The molecule has 0 aliphatic rings. The van der Waals surface area contributed by atoms with Crippen molar-refractivity contribution in [3.05, 3.63) is 120 Å². The van der Waals surface area contributed by atoms with Crippen molar-refractivity contribution in [2.24, 2.45) is 5.10 Å². The summed E-state index contributed by atoms with van der Waals surface area (Å²) >= 11 is 19.3. The van der Waals surface area contributed by atoms with Gasteiger partial charge in [-0.15, -0.1) is 0 Å². The highest BCUT2D eigenvalue weighted by Crippen LogP contribution is 2.39. The second-order valence-electron chi connectivity index (χ2n) is 9.02. The predicted octanol–water partition coefficient (Wildman–Crippen LogP) is 9.67. The third kappa shape index (κ3) is 6.80. The maximum Gasteiger partial charge on any atom is 0.416 e. The molecule has 5 aromatic rings. The molecule has 4 aromatic carbocycles. The summed E-state index contributed by atoms with van der Waals surface area (Å²) in [4.78, 5) is 29.2. The molecule has 6 nitrogen and oxygen atoms in total. The molecule has 43 heavy (non-hydrogen) atoms.